The van der Waals surface area contributed by atoms with Crippen LogP contribution in [0.2, 0.25) is 0 Å². The maximum Gasteiger partial charge on any atom is 0.143 e. The van der Waals surface area contributed by atoms with E-state index in [1.165, 1.54) is 0 Å². The molecule has 1 aliphatic rings. The number of hydrogen-bond acceptors (Lipinski definition) is 3. The number of nitrogens with zero attached hydrogens (tertiary/aromatic N) is 3. The highest BCUT2D eigenvalue weighted by molar-refractivity contribution is 5.80. The van der Waals surface area contributed by atoms with Crippen LogP contribution in [-0.2, 0) is 11.3 Å². The van der Waals surface area contributed by atoms with Crippen molar-refractivity contribution in [3.63, 3.8) is 0 Å². The molecule has 1 unspecified atom stereocenters. The summed E-state index contributed by atoms with van der Waals surface area (Å²) in [5.41, 5.74) is 1.04. The minimum Gasteiger partial charge on any atom is -0.332 e. The van der Waals surface area contributed by atoms with Gasteiger partial charge in [-0.25, -0.2) is 9.97 Å². The van der Waals surface area contributed by atoms with Gasteiger partial charge in [-0.2, -0.15) is 0 Å². The molecule has 1 fully saturated rings. The van der Waals surface area contributed by atoms with Crippen LogP contribution in [0.25, 0.3) is 11.0 Å². The molecule has 1 saturated carbocycles. The van der Waals surface area contributed by atoms with E-state index in [1.807, 2.05) is 18.5 Å². The van der Waals surface area contributed by atoms with Crippen molar-refractivity contribution in [2.45, 2.75) is 39.2 Å². The normalized spacial score (nSPS) is 24.6. The third-order valence-electron chi connectivity index (χ3n) is 3.84. The Hall–Kier alpha value is -1.71. The summed E-state index contributed by atoms with van der Waals surface area (Å²) in [5.74, 6) is 0.398. The number of carbonyl (C=O) groups excluding carboxylic acids is 1. The number of fused-ring (bicyclic) bond motifs is 1. The molecule has 0 bridgehead atoms. The predicted octanol–water partition coefficient (Wildman–Crippen LogP) is 2.58. The van der Waals surface area contributed by atoms with Crippen LogP contribution in [0.1, 0.15) is 32.6 Å². The van der Waals surface area contributed by atoms with Gasteiger partial charge in [-0.15, -0.1) is 0 Å². The molecule has 0 aromatic carbocycles. The fourth-order valence-electron chi connectivity index (χ4n) is 2.97. The first-order valence-electron chi connectivity index (χ1n) is 6.43. The van der Waals surface area contributed by atoms with Crippen molar-refractivity contribution in [3.05, 3.63) is 24.8 Å². The van der Waals surface area contributed by atoms with Gasteiger partial charge in [0.15, 0.2) is 0 Å². The average molecular weight is 243 g/mol. The van der Waals surface area contributed by atoms with Crippen molar-refractivity contribution in [1.29, 1.82) is 0 Å². The van der Waals surface area contributed by atoms with Crippen LogP contribution < -0.4 is 0 Å². The molecular formula is C14H17N3O. The van der Waals surface area contributed by atoms with Crippen LogP contribution in [0.3, 0.4) is 0 Å². The summed E-state index contributed by atoms with van der Waals surface area (Å²) in [6, 6.07) is 2.03. The van der Waals surface area contributed by atoms with E-state index in [1.54, 1.807) is 6.33 Å². The highest BCUT2D eigenvalue weighted by Gasteiger charge is 2.31. The molecule has 1 aliphatic carbocycles. The van der Waals surface area contributed by atoms with Crippen LogP contribution in [0.4, 0.5) is 0 Å². The largest absolute Gasteiger partial charge is 0.332 e. The second kappa shape index (κ2) is 4.19. The summed E-state index contributed by atoms with van der Waals surface area (Å²) in [6.45, 7) is 3.07. The monoisotopic (exact) mass is 243 g/mol. The van der Waals surface area contributed by atoms with Gasteiger partial charge >= 0.3 is 0 Å². The fraction of sp³-hybridized carbons (Fsp3) is 0.500. The Labute approximate surface area is 106 Å². The first kappa shape index (κ1) is 11.4. The lowest BCUT2D eigenvalue weighted by atomic mass is 9.75. The maximum absolute atomic E-state index is 11.6. The van der Waals surface area contributed by atoms with Gasteiger partial charge in [0, 0.05) is 37.2 Å². The van der Waals surface area contributed by atoms with E-state index in [4.69, 9.17) is 0 Å². The fourth-order valence-corrected chi connectivity index (χ4v) is 2.97. The summed E-state index contributed by atoms with van der Waals surface area (Å²) in [6.07, 6.45) is 9.03. The van der Waals surface area contributed by atoms with E-state index in [0.717, 1.165) is 36.8 Å². The van der Waals surface area contributed by atoms with Gasteiger partial charge in [0.2, 0.25) is 0 Å². The standard InChI is InChI=1S/C14H17N3O/c1-14(5-2-3-12(18)7-14)9-17-6-4-11-8-15-10-16-13(11)17/h4,6,8,10H,2-3,5,7,9H2,1H3. The van der Waals surface area contributed by atoms with Crippen molar-refractivity contribution >= 4 is 16.8 Å². The zero-order chi connectivity index (χ0) is 12.6. The predicted molar refractivity (Wildman–Crippen MR) is 69.1 cm³/mol. The molecule has 1 atom stereocenters. The molecule has 0 saturated heterocycles. The molecule has 4 heteroatoms. The van der Waals surface area contributed by atoms with Crippen LogP contribution in [0.5, 0.6) is 0 Å². The van der Waals surface area contributed by atoms with Crippen LogP contribution in [0, 0.1) is 5.41 Å². The molecule has 94 valence electrons. The Morgan fingerprint density at radius 3 is 3.22 bits per heavy atom. The third kappa shape index (κ3) is 2.03. The maximum atomic E-state index is 11.6. The van der Waals surface area contributed by atoms with Gasteiger partial charge in [-0.3, -0.25) is 4.79 Å². The Kier molecular flexibility index (Phi) is 2.65. The minimum absolute atomic E-state index is 0.0756. The molecule has 0 aliphatic heterocycles. The highest BCUT2D eigenvalue weighted by atomic mass is 16.1. The average Bonchev–Trinajstić information content (AvgIpc) is 2.72. The second-order valence-electron chi connectivity index (χ2n) is 5.62. The van der Waals surface area contributed by atoms with E-state index >= 15 is 0 Å². The number of Topliss-reactive ketones (excluding diaryl/α,β-unsaturated/α-hetero) is 1. The van der Waals surface area contributed by atoms with Gasteiger partial charge < -0.3 is 4.57 Å². The minimum atomic E-state index is 0.0756. The molecule has 2 aromatic rings. The van der Waals surface area contributed by atoms with Crippen molar-refractivity contribution < 1.29 is 4.79 Å². The molecule has 2 aromatic heterocycles. The van der Waals surface area contributed by atoms with Crippen molar-refractivity contribution in [2.24, 2.45) is 5.41 Å². The van der Waals surface area contributed by atoms with Gasteiger partial charge in [0.05, 0.1) is 0 Å². The van der Waals surface area contributed by atoms with Crippen molar-refractivity contribution in [3.8, 4) is 0 Å². The van der Waals surface area contributed by atoms with E-state index in [9.17, 15) is 4.79 Å². The first-order chi connectivity index (χ1) is 8.66. The molecule has 0 N–H and O–H groups in total. The lowest BCUT2D eigenvalue weighted by Gasteiger charge is -2.33. The lowest BCUT2D eigenvalue weighted by molar-refractivity contribution is -0.123. The summed E-state index contributed by atoms with van der Waals surface area (Å²) in [7, 11) is 0. The summed E-state index contributed by atoms with van der Waals surface area (Å²) < 4.78 is 2.15. The zero-order valence-electron chi connectivity index (χ0n) is 10.6. The highest BCUT2D eigenvalue weighted by Crippen LogP contribution is 2.36. The lowest BCUT2D eigenvalue weighted by Crippen LogP contribution is -2.30. The van der Waals surface area contributed by atoms with Crippen LogP contribution >= 0.6 is 0 Å². The quantitative estimate of drug-likeness (QED) is 0.814. The molecule has 3 rings (SSSR count). The van der Waals surface area contributed by atoms with Crippen LogP contribution in [0.15, 0.2) is 24.8 Å². The Balaban J connectivity index is 1.89. The van der Waals surface area contributed by atoms with Crippen molar-refractivity contribution in [2.75, 3.05) is 0 Å². The SMILES string of the molecule is CC1(Cn2ccc3cncnc32)CCCC(=O)C1. The van der Waals surface area contributed by atoms with E-state index < -0.39 is 0 Å². The summed E-state index contributed by atoms with van der Waals surface area (Å²) >= 11 is 0. The smallest absolute Gasteiger partial charge is 0.143 e. The molecule has 0 amide bonds. The second-order valence-corrected chi connectivity index (χ2v) is 5.62. The van der Waals surface area contributed by atoms with E-state index in [0.29, 0.717) is 12.2 Å². The Morgan fingerprint density at radius 1 is 1.50 bits per heavy atom. The van der Waals surface area contributed by atoms with Gasteiger partial charge in [-0.05, 0) is 24.3 Å². The molecule has 0 radical (unpaired) electrons. The van der Waals surface area contributed by atoms with Gasteiger partial charge in [0.1, 0.15) is 17.8 Å². The third-order valence-corrected chi connectivity index (χ3v) is 3.84. The summed E-state index contributed by atoms with van der Waals surface area (Å²) in [5, 5.41) is 1.06. The molecule has 4 nitrogen and oxygen atoms in total. The van der Waals surface area contributed by atoms with Gasteiger partial charge in [0.25, 0.3) is 0 Å². The van der Waals surface area contributed by atoms with E-state index in [2.05, 4.69) is 21.5 Å². The molecular weight excluding hydrogens is 226 g/mol. The number of aromatic nitrogens is 3. The number of rotatable bonds is 2. The number of hydrogen-bond donors (Lipinski definition) is 0. The van der Waals surface area contributed by atoms with Gasteiger partial charge in [-0.1, -0.05) is 6.92 Å². The molecule has 18 heavy (non-hydrogen) atoms. The number of carbonyl (C=O) groups is 1. The molecule has 2 heterocycles. The van der Waals surface area contributed by atoms with Crippen LogP contribution in [-0.4, -0.2) is 20.3 Å². The van der Waals surface area contributed by atoms with E-state index in [-0.39, 0.29) is 5.41 Å². The topological polar surface area (TPSA) is 47.8 Å². The Morgan fingerprint density at radius 2 is 2.39 bits per heavy atom. The summed E-state index contributed by atoms with van der Waals surface area (Å²) in [4.78, 5) is 20.0. The zero-order valence-corrected chi connectivity index (χ0v) is 10.6. The van der Waals surface area contributed by atoms with Crippen molar-refractivity contribution in [1.82, 2.24) is 14.5 Å². The first-order valence-corrected chi connectivity index (χ1v) is 6.43. The Bertz CT molecular complexity index is 589. The number of ketones is 1. The molecule has 0 spiro atoms.